The number of aromatic nitrogens is 2. The van der Waals surface area contributed by atoms with Crippen LogP contribution in [0.4, 0.5) is 11.5 Å². The summed E-state index contributed by atoms with van der Waals surface area (Å²) in [7, 11) is 3.12. The maximum Gasteiger partial charge on any atom is 0.249 e. The van der Waals surface area contributed by atoms with E-state index in [4.69, 9.17) is 9.47 Å². The van der Waals surface area contributed by atoms with Gasteiger partial charge in [-0.25, -0.2) is 4.68 Å². The first kappa shape index (κ1) is 19.7. The Balaban J connectivity index is 1.75. The normalized spacial score (nSPS) is 15.3. The molecule has 0 saturated heterocycles. The van der Waals surface area contributed by atoms with Crippen LogP contribution in [0.25, 0.3) is 11.1 Å². The Hall–Kier alpha value is -3.65. The molecule has 8 heteroatoms. The van der Waals surface area contributed by atoms with Crippen LogP contribution in [-0.2, 0) is 20.9 Å². The van der Waals surface area contributed by atoms with Crippen molar-refractivity contribution in [2.24, 2.45) is 0 Å². The maximum absolute atomic E-state index is 13.1. The van der Waals surface area contributed by atoms with Gasteiger partial charge in [0.25, 0.3) is 0 Å². The molecule has 1 aliphatic heterocycles. The van der Waals surface area contributed by atoms with Gasteiger partial charge in [-0.3, -0.25) is 9.59 Å². The van der Waals surface area contributed by atoms with Crippen molar-refractivity contribution in [3.05, 3.63) is 60.3 Å². The van der Waals surface area contributed by atoms with Crippen molar-refractivity contribution in [2.75, 3.05) is 24.9 Å². The number of ether oxygens (including phenoxy) is 2. The monoisotopic (exact) mass is 406 g/mol. The second-order valence-corrected chi connectivity index (χ2v) is 6.87. The number of benzene rings is 2. The van der Waals surface area contributed by atoms with Gasteiger partial charge in [0.05, 0.1) is 31.5 Å². The quantitative estimate of drug-likeness (QED) is 0.655. The van der Waals surface area contributed by atoms with Gasteiger partial charge < -0.3 is 20.1 Å². The van der Waals surface area contributed by atoms with Crippen molar-refractivity contribution in [1.82, 2.24) is 9.78 Å². The molecule has 0 bridgehead atoms. The summed E-state index contributed by atoms with van der Waals surface area (Å²) in [6.45, 7) is 0.251. The molecular weight excluding hydrogens is 384 g/mol. The number of para-hydroxylation sites is 2. The number of carbonyl (C=O) groups is 2. The number of hydrogen-bond acceptors (Lipinski definition) is 5. The Morgan fingerprint density at radius 1 is 1.17 bits per heavy atom. The molecule has 2 N–H and O–H groups in total. The first-order valence-electron chi connectivity index (χ1n) is 9.52. The first-order valence-corrected chi connectivity index (χ1v) is 9.52. The highest BCUT2D eigenvalue weighted by Gasteiger charge is 2.35. The predicted molar refractivity (Wildman–Crippen MR) is 112 cm³/mol. The summed E-state index contributed by atoms with van der Waals surface area (Å²) in [5.41, 5.74) is 2.82. The van der Waals surface area contributed by atoms with Crippen LogP contribution in [-0.4, -0.2) is 35.8 Å². The predicted octanol–water partition coefficient (Wildman–Crippen LogP) is 3.23. The molecule has 0 saturated carbocycles. The number of rotatable bonds is 6. The van der Waals surface area contributed by atoms with Crippen molar-refractivity contribution in [3.63, 3.8) is 0 Å². The molecule has 0 spiro atoms. The van der Waals surface area contributed by atoms with E-state index in [9.17, 15) is 9.59 Å². The highest BCUT2D eigenvalue weighted by molar-refractivity contribution is 6.03. The number of amides is 2. The fourth-order valence-corrected chi connectivity index (χ4v) is 3.59. The minimum Gasteiger partial charge on any atom is -0.495 e. The molecule has 3 aromatic rings. The molecule has 1 aromatic heterocycles. The van der Waals surface area contributed by atoms with Crippen LogP contribution in [0.5, 0.6) is 5.75 Å². The molecule has 1 aliphatic rings. The first-order chi connectivity index (χ1) is 14.6. The van der Waals surface area contributed by atoms with Crippen LogP contribution in [0.3, 0.4) is 0 Å². The summed E-state index contributed by atoms with van der Waals surface area (Å²) in [5, 5.41) is 10.4. The Kier molecular flexibility index (Phi) is 5.49. The number of hydrogen-bond donors (Lipinski definition) is 2. The minimum atomic E-state index is -0.799. The van der Waals surface area contributed by atoms with E-state index in [1.165, 1.54) is 7.11 Å². The van der Waals surface area contributed by atoms with E-state index >= 15 is 0 Å². The third-order valence-corrected chi connectivity index (χ3v) is 4.93. The van der Waals surface area contributed by atoms with Crippen LogP contribution in [0, 0.1) is 0 Å². The molecule has 4 rings (SSSR count). The van der Waals surface area contributed by atoms with E-state index in [0.29, 0.717) is 22.9 Å². The van der Waals surface area contributed by atoms with Crippen LogP contribution in [0.2, 0.25) is 0 Å². The maximum atomic E-state index is 13.1. The van der Waals surface area contributed by atoms with E-state index in [-0.39, 0.29) is 24.8 Å². The van der Waals surface area contributed by atoms with E-state index in [0.717, 1.165) is 11.1 Å². The Labute approximate surface area is 173 Å². The van der Waals surface area contributed by atoms with Gasteiger partial charge >= 0.3 is 0 Å². The summed E-state index contributed by atoms with van der Waals surface area (Å²) < 4.78 is 12.2. The number of nitrogens with zero attached hydrogens (tertiary/aromatic N) is 2. The molecule has 2 aromatic carbocycles. The van der Waals surface area contributed by atoms with Crippen LogP contribution in [0.1, 0.15) is 18.2 Å². The number of methoxy groups -OCH3 is 2. The number of anilines is 2. The highest BCUT2D eigenvalue weighted by Crippen LogP contribution is 2.38. The average molecular weight is 406 g/mol. The van der Waals surface area contributed by atoms with Gasteiger partial charge in [-0.15, -0.1) is 0 Å². The molecule has 30 heavy (non-hydrogen) atoms. The molecule has 2 heterocycles. The summed E-state index contributed by atoms with van der Waals surface area (Å²) in [6.07, 6.45) is -0.0175. The van der Waals surface area contributed by atoms with Gasteiger partial charge in [-0.05, 0) is 17.7 Å². The lowest BCUT2D eigenvalue weighted by molar-refractivity contribution is -0.125. The zero-order valence-electron chi connectivity index (χ0n) is 16.7. The zero-order chi connectivity index (χ0) is 21.1. The van der Waals surface area contributed by atoms with Crippen molar-refractivity contribution in [3.8, 4) is 16.9 Å². The third-order valence-electron chi connectivity index (χ3n) is 4.93. The summed E-state index contributed by atoms with van der Waals surface area (Å²) in [6, 6.07) is 15.9. The van der Waals surface area contributed by atoms with Crippen molar-refractivity contribution in [1.29, 1.82) is 0 Å². The second-order valence-electron chi connectivity index (χ2n) is 6.87. The highest BCUT2D eigenvalue weighted by atomic mass is 16.5. The fraction of sp³-hybridized carbons (Fsp3) is 0.227. The number of carbonyl (C=O) groups excluding carboxylic acids is 2. The van der Waals surface area contributed by atoms with Crippen molar-refractivity contribution in [2.45, 2.75) is 19.1 Å². The molecule has 0 aliphatic carbocycles. The van der Waals surface area contributed by atoms with Gasteiger partial charge in [0.15, 0.2) is 0 Å². The molecule has 1 atom stereocenters. The standard InChI is InChI=1S/C22H22N4O4/c1-29-13-16-20(14-8-4-3-5-9-14)21-24-19(27)12-17(26(21)25-16)22(28)23-15-10-6-7-11-18(15)30-2/h3-11,17H,12-13H2,1-2H3,(H,23,28)(H,24,27). The summed E-state index contributed by atoms with van der Waals surface area (Å²) >= 11 is 0. The fourth-order valence-electron chi connectivity index (χ4n) is 3.59. The molecule has 0 fully saturated rings. The largest absolute Gasteiger partial charge is 0.495 e. The van der Waals surface area contributed by atoms with E-state index in [1.807, 2.05) is 36.4 Å². The average Bonchev–Trinajstić information content (AvgIpc) is 3.12. The zero-order valence-corrected chi connectivity index (χ0v) is 16.7. The topological polar surface area (TPSA) is 94.5 Å². The smallest absolute Gasteiger partial charge is 0.249 e. The second kappa shape index (κ2) is 8.38. The van der Waals surface area contributed by atoms with E-state index in [2.05, 4.69) is 15.7 Å². The van der Waals surface area contributed by atoms with Gasteiger partial charge in [0.2, 0.25) is 11.8 Å². The van der Waals surface area contributed by atoms with E-state index in [1.54, 1.807) is 30.0 Å². The Morgan fingerprint density at radius 3 is 2.63 bits per heavy atom. The van der Waals surface area contributed by atoms with Crippen molar-refractivity contribution >= 4 is 23.3 Å². The number of nitrogens with one attached hydrogen (secondary N) is 2. The molecule has 1 unspecified atom stereocenters. The molecule has 2 amide bonds. The lowest BCUT2D eigenvalue weighted by atomic mass is 10.0. The van der Waals surface area contributed by atoms with Gasteiger partial charge in [0, 0.05) is 12.7 Å². The van der Waals surface area contributed by atoms with Crippen molar-refractivity contribution < 1.29 is 19.1 Å². The SMILES string of the molecule is COCc1nn2c(c1-c1ccccc1)NC(=O)CC2C(=O)Nc1ccccc1OC. The Bertz CT molecular complexity index is 1080. The molecule has 0 radical (unpaired) electrons. The minimum absolute atomic E-state index is 0.0175. The molecular formula is C22H22N4O4. The summed E-state index contributed by atoms with van der Waals surface area (Å²) in [4.78, 5) is 25.6. The summed E-state index contributed by atoms with van der Waals surface area (Å²) in [5.74, 6) is 0.437. The molecule has 154 valence electrons. The van der Waals surface area contributed by atoms with Crippen LogP contribution >= 0.6 is 0 Å². The van der Waals surface area contributed by atoms with Gasteiger partial charge in [-0.2, -0.15) is 5.10 Å². The van der Waals surface area contributed by atoms with Gasteiger partial charge in [-0.1, -0.05) is 42.5 Å². The lowest BCUT2D eigenvalue weighted by Gasteiger charge is -2.24. The number of fused-ring (bicyclic) bond motifs is 1. The lowest BCUT2D eigenvalue weighted by Crippen LogP contribution is -2.36. The van der Waals surface area contributed by atoms with E-state index < -0.39 is 6.04 Å². The molecule has 8 nitrogen and oxygen atoms in total. The van der Waals surface area contributed by atoms with Crippen LogP contribution in [0.15, 0.2) is 54.6 Å². The van der Waals surface area contributed by atoms with Crippen LogP contribution < -0.4 is 15.4 Å². The van der Waals surface area contributed by atoms with Gasteiger partial charge in [0.1, 0.15) is 17.6 Å². The Morgan fingerprint density at radius 2 is 1.90 bits per heavy atom. The third kappa shape index (κ3) is 3.65.